The molecule has 0 unspecified atom stereocenters. The molecule has 17 heavy (non-hydrogen) atoms. The zero-order valence-electron chi connectivity index (χ0n) is 9.16. The Hall–Kier alpha value is -2.30. The van der Waals surface area contributed by atoms with Crippen molar-refractivity contribution in [2.75, 3.05) is 11.9 Å². The van der Waals surface area contributed by atoms with Crippen molar-refractivity contribution < 1.29 is 4.79 Å². The highest BCUT2D eigenvalue weighted by atomic mass is 16.1. The Morgan fingerprint density at radius 1 is 1.35 bits per heavy atom. The maximum Gasteiger partial charge on any atom is 0.267 e. The number of nitrogens with two attached hydrogens (primary N) is 1. The quantitative estimate of drug-likeness (QED) is 0.684. The molecule has 5 nitrogen and oxygen atoms in total. The van der Waals surface area contributed by atoms with E-state index in [1.54, 1.807) is 0 Å². The van der Waals surface area contributed by atoms with Crippen molar-refractivity contribution in [3.05, 3.63) is 35.5 Å². The van der Waals surface area contributed by atoms with Crippen molar-refractivity contribution in [1.82, 2.24) is 10.2 Å². The Balaban J connectivity index is 2.24. The summed E-state index contributed by atoms with van der Waals surface area (Å²) in [6.07, 6.45) is 0.735. The number of H-pyrrole nitrogens is 1. The average molecular weight is 228 g/mol. The topological polar surface area (TPSA) is 83.8 Å². The summed E-state index contributed by atoms with van der Waals surface area (Å²) in [5.41, 5.74) is 9.49. The number of rotatable bonds is 1. The van der Waals surface area contributed by atoms with E-state index in [4.69, 9.17) is 5.73 Å². The Labute approximate surface area is 98.0 Å². The van der Waals surface area contributed by atoms with Gasteiger partial charge in [-0.1, -0.05) is 18.2 Å². The largest absolute Gasteiger partial charge is 0.384 e. The Kier molecular flexibility index (Phi) is 2.11. The normalized spacial score (nSPS) is 13.2. The first-order valence-electron chi connectivity index (χ1n) is 5.47. The van der Waals surface area contributed by atoms with Gasteiger partial charge in [0.15, 0.2) is 0 Å². The molecule has 0 bridgehead atoms. The maximum atomic E-state index is 11.3. The summed E-state index contributed by atoms with van der Waals surface area (Å²) in [6, 6.07) is 7.91. The first kappa shape index (κ1) is 9.89. The number of hydrogen-bond acceptors (Lipinski definition) is 3. The summed E-state index contributed by atoms with van der Waals surface area (Å²) in [5, 5.41) is 10.3. The second-order valence-electron chi connectivity index (χ2n) is 4.01. The summed E-state index contributed by atoms with van der Waals surface area (Å²) in [7, 11) is 0. The van der Waals surface area contributed by atoms with Gasteiger partial charge in [0.2, 0.25) is 0 Å². The molecule has 0 radical (unpaired) electrons. The number of primary amides is 1. The Bertz CT molecular complexity index is 588. The van der Waals surface area contributed by atoms with Crippen LogP contribution in [0.15, 0.2) is 24.3 Å². The van der Waals surface area contributed by atoms with Crippen LogP contribution in [0.2, 0.25) is 0 Å². The fourth-order valence-electron chi connectivity index (χ4n) is 2.20. The van der Waals surface area contributed by atoms with Gasteiger partial charge in [0.1, 0.15) is 5.69 Å². The molecule has 0 fully saturated rings. The molecule has 1 amide bonds. The lowest BCUT2D eigenvalue weighted by Crippen LogP contribution is -2.15. The highest BCUT2D eigenvalue weighted by Gasteiger charge is 2.21. The molecule has 0 saturated carbocycles. The number of nitrogens with zero attached hydrogens (tertiary/aromatic N) is 1. The van der Waals surface area contributed by atoms with Crippen LogP contribution in [-0.2, 0) is 6.42 Å². The molecule has 0 saturated heterocycles. The molecule has 1 aliphatic rings. The van der Waals surface area contributed by atoms with Gasteiger partial charge in [-0.3, -0.25) is 9.89 Å². The van der Waals surface area contributed by atoms with Crippen LogP contribution < -0.4 is 11.1 Å². The zero-order chi connectivity index (χ0) is 11.8. The van der Waals surface area contributed by atoms with Crippen molar-refractivity contribution in [2.45, 2.75) is 6.42 Å². The number of benzene rings is 1. The number of aromatic amines is 1. The minimum absolute atomic E-state index is 0.415. The first-order chi connectivity index (χ1) is 8.27. The zero-order valence-corrected chi connectivity index (χ0v) is 9.16. The van der Waals surface area contributed by atoms with Gasteiger partial charge in [0.25, 0.3) is 5.91 Å². The SMILES string of the molecule is NC(=O)c1[nH]nc2c1CCNc1ccccc1-2. The number of amides is 1. The standard InChI is InChI=1S/C12H12N4O/c13-12(17)11-8-5-6-14-9-4-2-1-3-7(9)10(8)15-16-11/h1-4,14H,5-6H2,(H2,13,17)(H,15,16). The van der Waals surface area contributed by atoms with Gasteiger partial charge in [-0.15, -0.1) is 0 Å². The summed E-state index contributed by atoms with van der Waals surface area (Å²) in [6.45, 7) is 0.768. The first-order valence-corrected chi connectivity index (χ1v) is 5.47. The summed E-state index contributed by atoms with van der Waals surface area (Å²) in [5.74, 6) is -0.460. The number of carbonyl (C=O) groups is 1. The predicted molar refractivity (Wildman–Crippen MR) is 64.7 cm³/mol. The van der Waals surface area contributed by atoms with Crippen LogP contribution in [0.3, 0.4) is 0 Å². The summed E-state index contributed by atoms with van der Waals surface area (Å²) >= 11 is 0. The maximum absolute atomic E-state index is 11.3. The highest BCUT2D eigenvalue weighted by molar-refractivity contribution is 5.95. The smallest absolute Gasteiger partial charge is 0.267 e. The molecule has 2 aromatic rings. The molecule has 1 aliphatic heterocycles. The molecule has 0 spiro atoms. The number of fused-ring (bicyclic) bond motifs is 3. The summed E-state index contributed by atoms with van der Waals surface area (Å²) in [4.78, 5) is 11.3. The van der Waals surface area contributed by atoms with Crippen LogP contribution >= 0.6 is 0 Å². The predicted octanol–water partition coefficient (Wildman–Crippen LogP) is 1.14. The van der Waals surface area contributed by atoms with Gasteiger partial charge >= 0.3 is 0 Å². The molecule has 4 N–H and O–H groups in total. The lowest BCUT2D eigenvalue weighted by molar-refractivity contribution is 0.0994. The molecule has 1 aromatic heterocycles. The fraction of sp³-hybridized carbons (Fsp3) is 0.167. The van der Waals surface area contributed by atoms with E-state index in [9.17, 15) is 4.79 Å². The number of hydrogen-bond donors (Lipinski definition) is 3. The van der Waals surface area contributed by atoms with E-state index in [1.807, 2.05) is 24.3 Å². The third-order valence-electron chi connectivity index (χ3n) is 2.99. The van der Waals surface area contributed by atoms with Crippen LogP contribution in [0.1, 0.15) is 16.1 Å². The molecule has 2 heterocycles. The second kappa shape index (κ2) is 3.62. The van der Waals surface area contributed by atoms with Crippen molar-refractivity contribution in [3.63, 3.8) is 0 Å². The molecular formula is C12H12N4O. The molecule has 0 atom stereocenters. The number of nitrogens with one attached hydrogen (secondary N) is 2. The molecule has 0 aliphatic carbocycles. The highest BCUT2D eigenvalue weighted by Crippen LogP contribution is 2.32. The number of aromatic nitrogens is 2. The Morgan fingerprint density at radius 2 is 2.18 bits per heavy atom. The minimum Gasteiger partial charge on any atom is -0.384 e. The molecular weight excluding hydrogens is 216 g/mol. The average Bonchev–Trinajstić information content (AvgIpc) is 2.66. The molecule has 3 rings (SSSR count). The van der Waals surface area contributed by atoms with Gasteiger partial charge in [-0.25, -0.2) is 0 Å². The van der Waals surface area contributed by atoms with Gasteiger partial charge in [0, 0.05) is 23.4 Å². The van der Waals surface area contributed by atoms with Crippen molar-refractivity contribution in [3.8, 4) is 11.3 Å². The van der Waals surface area contributed by atoms with E-state index in [2.05, 4.69) is 15.5 Å². The van der Waals surface area contributed by atoms with E-state index in [0.717, 1.165) is 35.5 Å². The minimum atomic E-state index is -0.460. The molecule has 1 aromatic carbocycles. The van der Waals surface area contributed by atoms with Crippen molar-refractivity contribution in [1.29, 1.82) is 0 Å². The monoisotopic (exact) mass is 228 g/mol. The number of para-hydroxylation sites is 1. The van der Waals surface area contributed by atoms with Crippen LogP contribution in [0.4, 0.5) is 5.69 Å². The van der Waals surface area contributed by atoms with Crippen LogP contribution in [0.5, 0.6) is 0 Å². The van der Waals surface area contributed by atoms with E-state index in [-0.39, 0.29) is 0 Å². The molecule has 5 heteroatoms. The number of carbonyl (C=O) groups excluding carboxylic acids is 1. The van der Waals surface area contributed by atoms with Gasteiger partial charge in [0.05, 0.1) is 5.69 Å². The number of anilines is 1. The third kappa shape index (κ3) is 1.47. The second-order valence-corrected chi connectivity index (χ2v) is 4.01. The Morgan fingerprint density at radius 3 is 3.00 bits per heavy atom. The fourth-order valence-corrected chi connectivity index (χ4v) is 2.20. The third-order valence-corrected chi connectivity index (χ3v) is 2.99. The lowest BCUT2D eigenvalue weighted by atomic mass is 10.0. The molecule has 86 valence electrons. The van der Waals surface area contributed by atoms with E-state index in [1.165, 1.54) is 0 Å². The van der Waals surface area contributed by atoms with Crippen LogP contribution in [0, 0.1) is 0 Å². The van der Waals surface area contributed by atoms with Crippen LogP contribution in [0.25, 0.3) is 11.3 Å². The van der Waals surface area contributed by atoms with E-state index < -0.39 is 5.91 Å². The summed E-state index contributed by atoms with van der Waals surface area (Å²) < 4.78 is 0. The van der Waals surface area contributed by atoms with E-state index in [0.29, 0.717) is 5.69 Å². The van der Waals surface area contributed by atoms with Crippen molar-refractivity contribution >= 4 is 11.6 Å². The van der Waals surface area contributed by atoms with Crippen LogP contribution in [-0.4, -0.2) is 22.6 Å². The van der Waals surface area contributed by atoms with Gasteiger partial charge in [-0.05, 0) is 12.5 Å². The van der Waals surface area contributed by atoms with Gasteiger partial charge in [-0.2, -0.15) is 5.10 Å². The van der Waals surface area contributed by atoms with Gasteiger partial charge < -0.3 is 11.1 Å². The van der Waals surface area contributed by atoms with Crippen molar-refractivity contribution in [2.24, 2.45) is 5.73 Å². The van der Waals surface area contributed by atoms with E-state index >= 15 is 0 Å². The lowest BCUT2D eigenvalue weighted by Gasteiger charge is -2.05.